The Morgan fingerprint density at radius 1 is 1.33 bits per heavy atom. The second-order valence-electron chi connectivity index (χ2n) is 5.72. The van der Waals surface area contributed by atoms with Gasteiger partial charge in [0.2, 0.25) is 5.91 Å². The van der Waals surface area contributed by atoms with Crippen molar-refractivity contribution in [1.29, 1.82) is 0 Å². The average Bonchev–Trinajstić information content (AvgIpc) is 2.70. The van der Waals surface area contributed by atoms with E-state index in [0.717, 1.165) is 23.0 Å². The summed E-state index contributed by atoms with van der Waals surface area (Å²) in [6.45, 7) is 2.10. The largest absolute Gasteiger partial charge is 0.480 e. The fourth-order valence-corrected chi connectivity index (χ4v) is 2.93. The third-order valence-electron chi connectivity index (χ3n) is 4.31. The van der Waals surface area contributed by atoms with Crippen LogP contribution in [0.3, 0.4) is 0 Å². The van der Waals surface area contributed by atoms with Gasteiger partial charge < -0.3 is 15.0 Å². The highest BCUT2D eigenvalue weighted by atomic mass is 16.4. The summed E-state index contributed by atoms with van der Waals surface area (Å²) < 4.78 is 1.92. The number of hydrogen-bond acceptors (Lipinski definition) is 2. The molecular formula is C16H18N2O3. The van der Waals surface area contributed by atoms with E-state index in [1.54, 1.807) is 0 Å². The van der Waals surface area contributed by atoms with Crippen molar-refractivity contribution in [2.24, 2.45) is 0 Å². The van der Waals surface area contributed by atoms with Crippen LogP contribution in [0.25, 0.3) is 10.9 Å². The molecule has 0 saturated heterocycles. The predicted octanol–water partition coefficient (Wildman–Crippen LogP) is 2.07. The number of carbonyl (C=O) groups is 2. The molecule has 1 fully saturated rings. The minimum Gasteiger partial charge on any atom is -0.480 e. The molecule has 0 atom stereocenters. The van der Waals surface area contributed by atoms with Crippen LogP contribution in [0.2, 0.25) is 0 Å². The predicted molar refractivity (Wildman–Crippen MR) is 79.0 cm³/mol. The fraction of sp³-hybridized carbons (Fsp3) is 0.375. The lowest BCUT2D eigenvalue weighted by atomic mass is 9.77. The zero-order chi connectivity index (χ0) is 15.0. The Labute approximate surface area is 122 Å². The number of nitrogens with zero attached hydrogens (tertiary/aromatic N) is 1. The number of rotatable bonds is 4. The van der Waals surface area contributed by atoms with Gasteiger partial charge in [-0.3, -0.25) is 4.79 Å². The standard InChI is InChI=1S/C16H18N2O3/c1-11-9-12-5-2-3-6-13(12)18(11)10-14(19)17-16(15(20)21)7-4-8-16/h2-3,5-6,9H,4,7-8,10H2,1H3,(H,17,19)(H,20,21). The molecule has 3 rings (SSSR count). The number of carboxylic acids is 1. The molecule has 1 aromatic heterocycles. The van der Waals surface area contributed by atoms with Gasteiger partial charge in [-0.05, 0) is 43.7 Å². The van der Waals surface area contributed by atoms with Crippen molar-refractivity contribution in [1.82, 2.24) is 9.88 Å². The molecule has 0 radical (unpaired) electrons. The van der Waals surface area contributed by atoms with Gasteiger partial charge >= 0.3 is 5.97 Å². The van der Waals surface area contributed by atoms with E-state index in [2.05, 4.69) is 5.32 Å². The van der Waals surface area contributed by atoms with Gasteiger partial charge in [0.05, 0.1) is 0 Å². The number of aliphatic carboxylic acids is 1. The van der Waals surface area contributed by atoms with Crippen LogP contribution in [0.4, 0.5) is 0 Å². The lowest BCUT2D eigenvalue weighted by molar-refractivity contribution is -0.151. The lowest BCUT2D eigenvalue weighted by Gasteiger charge is -2.38. The van der Waals surface area contributed by atoms with E-state index in [4.69, 9.17) is 0 Å². The summed E-state index contributed by atoms with van der Waals surface area (Å²) in [7, 11) is 0. The maximum absolute atomic E-state index is 12.2. The van der Waals surface area contributed by atoms with Gasteiger partial charge in [0.1, 0.15) is 12.1 Å². The highest BCUT2D eigenvalue weighted by molar-refractivity contribution is 5.89. The maximum atomic E-state index is 12.2. The molecule has 0 spiro atoms. The lowest BCUT2D eigenvalue weighted by Crippen LogP contribution is -2.59. The van der Waals surface area contributed by atoms with Crippen molar-refractivity contribution < 1.29 is 14.7 Å². The smallest absolute Gasteiger partial charge is 0.329 e. The number of aromatic nitrogens is 1. The number of amides is 1. The molecule has 0 aliphatic heterocycles. The van der Waals surface area contributed by atoms with Crippen LogP contribution in [0, 0.1) is 6.92 Å². The molecule has 1 saturated carbocycles. The van der Waals surface area contributed by atoms with E-state index in [0.29, 0.717) is 12.8 Å². The van der Waals surface area contributed by atoms with Gasteiger partial charge in [-0.1, -0.05) is 18.2 Å². The Kier molecular flexibility index (Phi) is 3.20. The first-order chi connectivity index (χ1) is 10.0. The van der Waals surface area contributed by atoms with Crippen LogP contribution in [0.5, 0.6) is 0 Å². The average molecular weight is 286 g/mol. The number of benzene rings is 1. The van der Waals surface area contributed by atoms with Gasteiger partial charge in [-0.25, -0.2) is 4.79 Å². The molecule has 0 bridgehead atoms. The van der Waals surface area contributed by atoms with Crippen molar-refractivity contribution in [2.45, 2.75) is 38.3 Å². The topological polar surface area (TPSA) is 71.3 Å². The molecular weight excluding hydrogens is 268 g/mol. The number of carbonyl (C=O) groups excluding carboxylic acids is 1. The summed E-state index contributed by atoms with van der Waals surface area (Å²) in [6.07, 6.45) is 1.87. The monoisotopic (exact) mass is 286 g/mol. The normalized spacial score (nSPS) is 16.4. The summed E-state index contributed by atoms with van der Waals surface area (Å²) in [5.74, 6) is -1.18. The zero-order valence-corrected chi connectivity index (χ0v) is 11.9. The van der Waals surface area contributed by atoms with Crippen molar-refractivity contribution in [3.63, 3.8) is 0 Å². The van der Waals surface area contributed by atoms with Crippen LogP contribution < -0.4 is 5.32 Å². The number of para-hydroxylation sites is 1. The molecule has 1 amide bonds. The summed E-state index contributed by atoms with van der Waals surface area (Å²) in [6, 6.07) is 9.88. The quantitative estimate of drug-likeness (QED) is 0.904. The number of carboxylic acid groups (broad SMARTS) is 1. The zero-order valence-electron chi connectivity index (χ0n) is 11.9. The Hall–Kier alpha value is -2.30. The summed E-state index contributed by atoms with van der Waals surface area (Å²) in [4.78, 5) is 23.5. The molecule has 1 aliphatic carbocycles. The molecule has 21 heavy (non-hydrogen) atoms. The Morgan fingerprint density at radius 2 is 2.05 bits per heavy atom. The molecule has 1 aliphatic rings. The summed E-state index contributed by atoms with van der Waals surface area (Å²) >= 11 is 0. The van der Waals surface area contributed by atoms with E-state index in [1.807, 2.05) is 41.8 Å². The first-order valence-corrected chi connectivity index (χ1v) is 7.11. The molecule has 1 aromatic carbocycles. The van der Waals surface area contributed by atoms with Gasteiger partial charge in [0.25, 0.3) is 0 Å². The molecule has 2 N–H and O–H groups in total. The van der Waals surface area contributed by atoms with E-state index in [-0.39, 0.29) is 12.5 Å². The minimum absolute atomic E-state index is 0.147. The first kappa shape index (κ1) is 13.7. The van der Waals surface area contributed by atoms with Crippen LogP contribution in [0.15, 0.2) is 30.3 Å². The van der Waals surface area contributed by atoms with Crippen LogP contribution in [0.1, 0.15) is 25.0 Å². The number of aryl methyl sites for hydroxylation is 1. The van der Waals surface area contributed by atoms with E-state index < -0.39 is 11.5 Å². The van der Waals surface area contributed by atoms with Crippen LogP contribution in [-0.4, -0.2) is 27.1 Å². The SMILES string of the molecule is Cc1cc2ccccc2n1CC(=O)NC1(C(=O)O)CCC1. The van der Waals surface area contributed by atoms with Crippen molar-refractivity contribution in [3.8, 4) is 0 Å². The molecule has 5 heteroatoms. The summed E-state index contributed by atoms with van der Waals surface area (Å²) in [5, 5.41) is 13.0. The number of nitrogens with one attached hydrogen (secondary N) is 1. The van der Waals surface area contributed by atoms with Crippen molar-refractivity contribution >= 4 is 22.8 Å². The highest BCUT2D eigenvalue weighted by Gasteiger charge is 2.45. The fourth-order valence-electron chi connectivity index (χ4n) is 2.93. The van der Waals surface area contributed by atoms with Gasteiger partial charge in [-0.2, -0.15) is 0 Å². The van der Waals surface area contributed by atoms with E-state index >= 15 is 0 Å². The van der Waals surface area contributed by atoms with E-state index in [9.17, 15) is 14.7 Å². The molecule has 2 aromatic rings. The second-order valence-corrected chi connectivity index (χ2v) is 5.72. The Balaban J connectivity index is 1.81. The highest BCUT2D eigenvalue weighted by Crippen LogP contribution is 2.32. The molecule has 5 nitrogen and oxygen atoms in total. The Bertz CT molecular complexity index is 713. The third-order valence-corrected chi connectivity index (χ3v) is 4.31. The van der Waals surface area contributed by atoms with E-state index in [1.165, 1.54) is 0 Å². The Morgan fingerprint density at radius 3 is 2.67 bits per heavy atom. The first-order valence-electron chi connectivity index (χ1n) is 7.11. The van der Waals surface area contributed by atoms with Crippen molar-refractivity contribution in [2.75, 3.05) is 0 Å². The molecule has 0 unspecified atom stereocenters. The number of fused-ring (bicyclic) bond motifs is 1. The molecule has 110 valence electrons. The summed E-state index contributed by atoms with van der Waals surface area (Å²) in [5.41, 5.74) is 0.931. The van der Waals surface area contributed by atoms with Gasteiger partial charge in [-0.15, -0.1) is 0 Å². The van der Waals surface area contributed by atoms with Gasteiger partial charge in [0, 0.05) is 11.2 Å². The van der Waals surface area contributed by atoms with Gasteiger partial charge in [0.15, 0.2) is 0 Å². The maximum Gasteiger partial charge on any atom is 0.329 e. The van der Waals surface area contributed by atoms with Crippen molar-refractivity contribution in [3.05, 3.63) is 36.0 Å². The molecule has 1 heterocycles. The second kappa shape index (κ2) is 4.91. The van der Waals surface area contributed by atoms with Crippen LogP contribution >= 0.6 is 0 Å². The van der Waals surface area contributed by atoms with Crippen LogP contribution in [-0.2, 0) is 16.1 Å². The third kappa shape index (κ3) is 2.28. The minimum atomic E-state index is -1.05. The number of hydrogen-bond donors (Lipinski definition) is 2.